The molecule has 0 bridgehead atoms. The first kappa shape index (κ1) is 35.5. The van der Waals surface area contributed by atoms with Gasteiger partial charge in [-0.3, -0.25) is 0 Å². The molecule has 0 N–H and O–H groups in total. The maximum absolute atomic E-state index is 8.52. The third-order valence-corrected chi connectivity index (χ3v) is 18.4. The molecule has 7 aromatic rings. The van der Waals surface area contributed by atoms with Crippen molar-refractivity contribution < 1.29 is 22.8 Å². The van der Waals surface area contributed by atoms with E-state index >= 15 is 0 Å². The van der Waals surface area contributed by atoms with Gasteiger partial charge in [0.15, 0.2) is 0 Å². The van der Waals surface area contributed by atoms with Crippen LogP contribution < -0.4 is 8.79 Å². The minimum absolute atomic E-state index is 0. The van der Waals surface area contributed by atoms with Gasteiger partial charge in [0.1, 0.15) is 0 Å². The average Bonchev–Trinajstić information content (AvgIpc) is 3.50. The Labute approximate surface area is 324 Å². The molecule has 3 aromatic heterocycles. The first-order chi connectivity index (χ1) is 24.1. The summed E-state index contributed by atoms with van der Waals surface area (Å²) in [5.74, 6) is 14.3. The van der Waals surface area contributed by atoms with Gasteiger partial charge in [-0.2, -0.15) is 0 Å². The third-order valence-electron chi connectivity index (χ3n) is 8.60. The normalized spacial score (nSPS) is 12.6. The maximum Gasteiger partial charge on any atom is 0 e. The summed E-state index contributed by atoms with van der Waals surface area (Å²) in [5, 5.41) is 2.43. The van der Waals surface area contributed by atoms with Gasteiger partial charge in [0, 0.05) is 29.0 Å². The topological polar surface area (TPSA) is 25.8 Å². The predicted octanol–water partition coefficient (Wildman–Crippen LogP) is 11.4. The SMILES string of the molecule is [2H]C([2H])(c1ccnc(-c2[c-]ccc3c2sc2cc(-c4cc[c]([Ge]([CH3])([CH3])[CH3])cc4)ccc23)c1)C(C)C.[CH3][Ge]([CH3])([CH3])[c]1ccc(-c2[c-]cccc2)nc1.[Ir]. The van der Waals surface area contributed by atoms with Crippen molar-refractivity contribution in [3.8, 4) is 33.6 Å². The van der Waals surface area contributed by atoms with E-state index in [1.807, 2.05) is 56.4 Å². The first-order valence-electron chi connectivity index (χ1n) is 18.0. The minimum Gasteiger partial charge on any atom is 0 e. The quantitative estimate of drug-likeness (QED) is 0.117. The molecule has 0 amide bonds. The Morgan fingerprint density at radius 3 is 2.06 bits per heavy atom. The summed E-state index contributed by atoms with van der Waals surface area (Å²) in [7, 11) is 0. The molecule has 4 aromatic carbocycles. The predicted molar refractivity (Wildman–Crippen MR) is 220 cm³/mol. The van der Waals surface area contributed by atoms with Gasteiger partial charge in [-0.05, 0) is 18.4 Å². The molecule has 0 saturated carbocycles. The molecule has 0 saturated heterocycles. The second-order valence-corrected chi connectivity index (χ2v) is 37.3. The Hall–Kier alpha value is -2.86. The van der Waals surface area contributed by atoms with Crippen LogP contribution in [0, 0.1) is 18.1 Å². The van der Waals surface area contributed by atoms with Gasteiger partial charge in [-0.1, -0.05) is 19.4 Å². The zero-order chi connectivity index (χ0) is 36.6. The second kappa shape index (κ2) is 16.2. The third kappa shape index (κ3) is 9.13. The number of rotatable bonds is 7. The van der Waals surface area contributed by atoms with E-state index in [4.69, 9.17) is 2.74 Å². The number of nitrogens with zero attached hydrogens (tertiary/aromatic N) is 2. The largest absolute Gasteiger partial charge is 0 e. The van der Waals surface area contributed by atoms with Crippen molar-refractivity contribution in [3.05, 3.63) is 133 Å². The molecule has 0 aliphatic carbocycles. The van der Waals surface area contributed by atoms with Gasteiger partial charge in [-0.15, -0.1) is 0 Å². The van der Waals surface area contributed by atoms with Crippen molar-refractivity contribution in [3.63, 3.8) is 0 Å². The molecule has 0 spiro atoms. The molecule has 3 heterocycles. The zero-order valence-corrected chi connectivity index (χ0v) is 37.6. The summed E-state index contributed by atoms with van der Waals surface area (Å²) in [6.45, 7) is 3.83. The Balaban J connectivity index is 0.000000258. The number of benzene rings is 4. The number of thiophene rings is 1. The van der Waals surface area contributed by atoms with Gasteiger partial charge in [-0.25, -0.2) is 0 Å². The number of hydrogen-bond donors (Lipinski definition) is 0. The van der Waals surface area contributed by atoms with E-state index in [9.17, 15) is 0 Å². The molecule has 0 aliphatic heterocycles. The van der Waals surface area contributed by atoms with Gasteiger partial charge >= 0.3 is 260 Å². The number of fused-ring (bicyclic) bond motifs is 3. The average molecular weight is 974 g/mol. The molecule has 2 nitrogen and oxygen atoms in total. The fourth-order valence-electron chi connectivity index (χ4n) is 5.81. The van der Waals surface area contributed by atoms with E-state index in [-0.39, 0.29) is 26.0 Å². The molecule has 50 heavy (non-hydrogen) atoms. The molecule has 1 radical (unpaired) electrons. The molecular weight excluding hydrogens is 926 g/mol. The van der Waals surface area contributed by atoms with Gasteiger partial charge in [0.25, 0.3) is 0 Å². The van der Waals surface area contributed by atoms with Crippen molar-refractivity contribution in [2.24, 2.45) is 5.92 Å². The van der Waals surface area contributed by atoms with Crippen molar-refractivity contribution >= 4 is 66.8 Å². The van der Waals surface area contributed by atoms with Crippen molar-refractivity contribution in [1.82, 2.24) is 9.97 Å². The Morgan fingerprint density at radius 1 is 0.700 bits per heavy atom. The van der Waals surface area contributed by atoms with E-state index < -0.39 is 32.9 Å². The van der Waals surface area contributed by atoms with Crippen LogP contribution in [0.2, 0.25) is 34.5 Å². The summed E-state index contributed by atoms with van der Waals surface area (Å²) < 4.78 is 22.4. The van der Waals surface area contributed by atoms with Crippen LogP contribution in [0.1, 0.15) is 22.2 Å². The van der Waals surface area contributed by atoms with E-state index in [1.165, 1.54) is 35.4 Å². The van der Waals surface area contributed by atoms with Crippen LogP contribution >= 0.6 is 11.3 Å². The fraction of sp³-hybridized carbons (Fsp3) is 0.227. The van der Waals surface area contributed by atoms with Crippen LogP contribution in [0.15, 0.2) is 116 Å². The van der Waals surface area contributed by atoms with Crippen molar-refractivity contribution in [1.29, 1.82) is 0 Å². The molecule has 0 atom stereocenters. The van der Waals surface area contributed by atoms with E-state index in [1.54, 1.807) is 23.6 Å². The summed E-state index contributed by atoms with van der Waals surface area (Å²) in [6.07, 6.45) is 2.34. The van der Waals surface area contributed by atoms with Gasteiger partial charge in [0.2, 0.25) is 0 Å². The summed E-state index contributed by atoms with van der Waals surface area (Å²) in [5.41, 5.74) is 6.92. The zero-order valence-electron chi connectivity index (χ0n) is 32.2. The first-order valence-corrected chi connectivity index (χ1v) is 32.5. The van der Waals surface area contributed by atoms with Crippen molar-refractivity contribution in [2.45, 2.75) is 54.8 Å². The molecule has 7 rings (SSSR count). The van der Waals surface area contributed by atoms with Crippen molar-refractivity contribution in [2.75, 3.05) is 0 Å². The Morgan fingerprint density at radius 2 is 1.42 bits per heavy atom. The van der Waals surface area contributed by atoms with Gasteiger partial charge < -0.3 is 0 Å². The van der Waals surface area contributed by atoms with Gasteiger partial charge in [0.05, 0.1) is 0 Å². The van der Waals surface area contributed by atoms with E-state index in [0.29, 0.717) is 5.56 Å². The maximum atomic E-state index is 8.52. The Bertz CT molecular complexity index is 2270. The van der Waals surface area contributed by atoms with Crippen LogP contribution in [0.5, 0.6) is 0 Å². The summed E-state index contributed by atoms with van der Waals surface area (Å²) >= 11 is -1.78. The molecular formula is C44H46Ge2IrN2S-2. The van der Waals surface area contributed by atoms with Crippen LogP contribution in [-0.4, -0.2) is 36.5 Å². The number of hydrogen-bond acceptors (Lipinski definition) is 3. The monoisotopic (exact) mass is 977 g/mol. The van der Waals surface area contributed by atoms with Crippen LogP contribution in [0.4, 0.5) is 0 Å². The smallest absolute Gasteiger partial charge is 0 e. The number of pyridine rings is 2. The fourth-order valence-corrected chi connectivity index (χ4v) is 11.7. The van der Waals surface area contributed by atoms with E-state index in [0.717, 1.165) is 27.2 Å². The Kier molecular flexibility index (Phi) is 11.5. The number of aromatic nitrogens is 2. The molecule has 0 unspecified atom stereocenters. The van der Waals surface area contributed by atoms with Crippen LogP contribution in [0.3, 0.4) is 0 Å². The second-order valence-electron chi connectivity index (χ2n) is 14.9. The summed E-state index contributed by atoms with van der Waals surface area (Å²) in [6, 6.07) is 42.5. The van der Waals surface area contributed by atoms with Crippen LogP contribution in [0.25, 0.3) is 53.8 Å². The van der Waals surface area contributed by atoms with Crippen LogP contribution in [-0.2, 0) is 26.5 Å². The summed E-state index contributed by atoms with van der Waals surface area (Å²) in [4.78, 5) is 9.14. The molecule has 0 aliphatic rings. The van der Waals surface area contributed by atoms with E-state index in [2.05, 4.69) is 117 Å². The molecule has 0 fully saturated rings. The standard InChI is InChI=1S/C30H30GeNS.C14H16GeN.Ir/c1-20(2)17-21-15-16-32-28(18-21)27-8-6-7-26-25-14-11-23(19-29(25)33-30(26)27)22-9-12-24(13-10-22)31(3,4)5;1-15(2,3)13-9-10-14(16-11-13)12-7-5-4-6-8-12;/h6-7,9-16,18-20H,17H2,1-5H3;4-7,9-11H,1-3H3;/q2*-1;/i17D2;;. The molecule has 6 heteroatoms. The molecule has 257 valence electrons. The minimum atomic E-state index is -1.82.